The van der Waals surface area contributed by atoms with Crippen LogP contribution in [0, 0.1) is 0 Å². The lowest BCUT2D eigenvalue weighted by molar-refractivity contribution is 0.0340. The van der Waals surface area contributed by atoms with Crippen LogP contribution in [0.1, 0.15) is 26.3 Å². The second-order valence-electron chi connectivity index (χ2n) is 6.60. The van der Waals surface area contributed by atoms with Gasteiger partial charge in [-0.2, -0.15) is 0 Å². The fraction of sp³-hybridized carbons (Fsp3) is 0.167. The van der Waals surface area contributed by atoms with Crippen LogP contribution < -0.4 is 0 Å². The van der Waals surface area contributed by atoms with Gasteiger partial charge in [0.25, 0.3) is 5.91 Å². The highest BCUT2D eigenvalue weighted by Gasteiger charge is 2.22. The number of hydrogen-bond acceptors (Lipinski definition) is 3. The van der Waals surface area contributed by atoms with E-state index in [0.29, 0.717) is 11.1 Å². The Bertz CT molecular complexity index is 917. The Labute approximate surface area is 169 Å². The predicted octanol–water partition coefficient (Wildman–Crippen LogP) is 4.52. The molecule has 0 aliphatic carbocycles. The molecule has 0 bridgehead atoms. The Morgan fingerprint density at radius 1 is 0.793 bits per heavy atom. The number of halogens is 1. The van der Waals surface area contributed by atoms with Crippen LogP contribution in [0.2, 0.25) is 0 Å². The fourth-order valence-corrected chi connectivity index (χ4v) is 2.90. The first-order valence-electron chi connectivity index (χ1n) is 9.38. The molecule has 1 atom stereocenters. The van der Waals surface area contributed by atoms with Crippen LogP contribution in [0.15, 0.2) is 91.0 Å². The molecule has 5 heteroatoms. The first kappa shape index (κ1) is 20.3. The second kappa shape index (κ2) is 10.2. The summed E-state index contributed by atoms with van der Waals surface area (Å²) in [6, 6.07) is 26.6. The first-order valence-corrected chi connectivity index (χ1v) is 9.38. The van der Waals surface area contributed by atoms with Gasteiger partial charge in [-0.05, 0) is 29.8 Å². The van der Waals surface area contributed by atoms with Crippen LogP contribution >= 0.6 is 0 Å². The molecule has 0 aliphatic heterocycles. The number of esters is 1. The van der Waals surface area contributed by atoms with E-state index in [2.05, 4.69) is 0 Å². The maximum absolute atomic E-state index is 14.6. The molecule has 0 N–H and O–H groups in total. The van der Waals surface area contributed by atoms with Crippen molar-refractivity contribution < 1.29 is 18.7 Å². The van der Waals surface area contributed by atoms with Crippen molar-refractivity contribution in [1.29, 1.82) is 0 Å². The molecule has 0 saturated carbocycles. The normalized spacial score (nSPS) is 11.5. The van der Waals surface area contributed by atoms with E-state index in [1.54, 1.807) is 54.6 Å². The summed E-state index contributed by atoms with van der Waals surface area (Å²) < 4.78 is 19.7. The maximum Gasteiger partial charge on any atom is 0.338 e. The van der Waals surface area contributed by atoms with E-state index >= 15 is 0 Å². The molecule has 0 aliphatic rings. The number of ether oxygens (including phenoxy) is 1. The molecular weight excluding hydrogens is 369 g/mol. The summed E-state index contributed by atoms with van der Waals surface area (Å²) >= 11 is 0. The standard InChI is InChI=1S/C24H22FNO3/c25-22(18-29-24(28)21-14-8-3-9-15-21)17-26(16-19-10-4-1-5-11-19)23(27)20-12-6-2-7-13-20/h1-15,22H,16-18H2. The van der Waals surface area contributed by atoms with Crippen molar-refractivity contribution in [3.8, 4) is 0 Å². The summed E-state index contributed by atoms with van der Waals surface area (Å²) in [5.74, 6) is -0.858. The average Bonchev–Trinajstić information content (AvgIpc) is 2.78. The number of carbonyl (C=O) groups is 2. The minimum atomic E-state index is -1.50. The molecule has 0 spiro atoms. The number of carbonyl (C=O) groups excluding carboxylic acids is 2. The van der Waals surface area contributed by atoms with Crippen molar-refractivity contribution in [3.63, 3.8) is 0 Å². The Kier molecular flexibility index (Phi) is 7.11. The Morgan fingerprint density at radius 2 is 1.31 bits per heavy atom. The third-order valence-corrected chi connectivity index (χ3v) is 4.35. The van der Waals surface area contributed by atoms with Crippen LogP contribution in [0.4, 0.5) is 4.39 Å². The van der Waals surface area contributed by atoms with Gasteiger partial charge in [-0.3, -0.25) is 4.79 Å². The summed E-state index contributed by atoms with van der Waals surface area (Å²) in [5.41, 5.74) is 1.74. The lowest BCUT2D eigenvalue weighted by atomic mass is 10.1. The van der Waals surface area contributed by atoms with Crippen LogP contribution in [0.25, 0.3) is 0 Å². The molecule has 3 rings (SSSR count). The lowest BCUT2D eigenvalue weighted by Gasteiger charge is -2.24. The van der Waals surface area contributed by atoms with Gasteiger partial charge in [0.2, 0.25) is 0 Å². The van der Waals surface area contributed by atoms with Crippen molar-refractivity contribution in [2.24, 2.45) is 0 Å². The third-order valence-electron chi connectivity index (χ3n) is 4.35. The Balaban J connectivity index is 1.65. The largest absolute Gasteiger partial charge is 0.459 e. The first-order chi connectivity index (χ1) is 14.1. The lowest BCUT2D eigenvalue weighted by Crippen LogP contribution is -2.37. The number of nitrogens with zero attached hydrogens (tertiary/aromatic N) is 1. The monoisotopic (exact) mass is 391 g/mol. The van der Waals surface area contributed by atoms with Gasteiger partial charge in [0.1, 0.15) is 6.61 Å². The highest BCUT2D eigenvalue weighted by Crippen LogP contribution is 2.12. The van der Waals surface area contributed by atoms with Crippen molar-refractivity contribution in [2.75, 3.05) is 13.2 Å². The van der Waals surface area contributed by atoms with Crippen LogP contribution in [-0.2, 0) is 11.3 Å². The van der Waals surface area contributed by atoms with E-state index in [9.17, 15) is 14.0 Å². The summed E-state index contributed by atoms with van der Waals surface area (Å²) in [6.45, 7) is -0.326. The number of alkyl halides is 1. The van der Waals surface area contributed by atoms with Crippen molar-refractivity contribution >= 4 is 11.9 Å². The molecule has 148 valence electrons. The van der Waals surface area contributed by atoms with Crippen molar-refractivity contribution in [2.45, 2.75) is 12.7 Å². The van der Waals surface area contributed by atoms with E-state index < -0.39 is 18.7 Å². The number of benzene rings is 3. The highest BCUT2D eigenvalue weighted by molar-refractivity contribution is 5.94. The van der Waals surface area contributed by atoms with E-state index in [1.807, 2.05) is 36.4 Å². The number of rotatable bonds is 8. The SMILES string of the molecule is O=C(OCC(F)CN(Cc1ccccc1)C(=O)c1ccccc1)c1ccccc1. The van der Waals surface area contributed by atoms with Gasteiger partial charge in [0, 0.05) is 12.1 Å². The van der Waals surface area contributed by atoms with Crippen LogP contribution in [0.3, 0.4) is 0 Å². The second-order valence-corrected chi connectivity index (χ2v) is 6.60. The third kappa shape index (κ3) is 6.01. The van der Waals surface area contributed by atoms with Gasteiger partial charge < -0.3 is 9.64 Å². The van der Waals surface area contributed by atoms with E-state index in [0.717, 1.165) is 5.56 Å². The van der Waals surface area contributed by atoms with Gasteiger partial charge in [-0.15, -0.1) is 0 Å². The molecule has 3 aromatic carbocycles. The zero-order valence-corrected chi connectivity index (χ0v) is 15.9. The molecule has 0 aromatic heterocycles. The molecule has 29 heavy (non-hydrogen) atoms. The Morgan fingerprint density at radius 3 is 1.90 bits per heavy atom. The smallest absolute Gasteiger partial charge is 0.338 e. The van der Waals surface area contributed by atoms with Crippen LogP contribution in [-0.4, -0.2) is 36.1 Å². The minimum Gasteiger partial charge on any atom is -0.459 e. The summed E-state index contributed by atoms with van der Waals surface area (Å²) in [7, 11) is 0. The van der Waals surface area contributed by atoms with E-state index in [4.69, 9.17) is 4.74 Å². The van der Waals surface area contributed by atoms with E-state index in [1.165, 1.54) is 4.90 Å². The van der Waals surface area contributed by atoms with Crippen LogP contribution in [0.5, 0.6) is 0 Å². The number of hydrogen-bond donors (Lipinski definition) is 0. The van der Waals surface area contributed by atoms with Gasteiger partial charge in [-0.1, -0.05) is 66.7 Å². The summed E-state index contributed by atoms with van der Waals surface area (Å²) in [5, 5.41) is 0. The zero-order chi connectivity index (χ0) is 20.5. The highest BCUT2D eigenvalue weighted by atomic mass is 19.1. The molecule has 0 radical (unpaired) electrons. The van der Waals surface area contributed by atoms with Crippen molar-refractivity contribution in [1.82, 2.24) is 4.90 Å². The number of amides is 1. The van der Waals surface area contributed by atoms with Gasteiger partial charge in [-0.25, -0.2) is 9.18 Å². The molecular formula is C24H22FNO3. The molecule has 0 heterocycles. The molecule has 0 fully saturated rings. The quantitative estimate of drug-likeness (QED) is 0.530. The van der Waals surface area contributed by atoms with Crippen molar-refractivity contribution in [3.05, 3.63) is 108 Å². The van der Waals surface area contributed by atoms with Gasteiger partial charge in [0.05, 0.1) is 12.1 Å². The van der Waals surface area contributed by atoms with Gasteiger partial charge >= 0.3 is 5.97 Å². The zero-order valence-electron chi connectivity index (χ0n) is 15.9. The topological polar surface area (TPSA) is 46.6 Å². The molecule has 4 nitrogen and oxygen atoms in total. The summed E-state index contributed by atoms with van der Waals surface area (Å²) in [6.07, 6.45) is -1.50. The average molecular weight is 391 g/mol. The van der Waals surface area contributed by atoms with Gasteiger partial charge in [0.15, 0.2) is 6.17 Å². The molecule has 3 aromatic rings. The fourth-order valence-electron chi connectivity index (χ4n) is 2.90. The summed E-state index contributed by atoms with van der Waals surface area (Å²) in [4.78, 5) is 26.3. The molecule has 1 amide bonds. The molecule has 1 unspecified atom stereocenters. The van der Waals surface area contributed by atoms with E-state index in [-0.39, 0.29) is 19.0 Å². The minimum absolute atomic E-state index is 0.176. The maximum atomic E-state index is 14.6. The Hall–Kier alpha value is -3.47. The predicted molar refractivity (Wildman–Crippen MR) is 109 cm³/mol. The molecule has 0 saturated heterocycles.